The predicted octanol–water partition coefficient (Wildman–Crippen LogP) is 3.32. The Kier molecular flexibility index (Phi) is 5.64. The first-order valence-electron chi connectivity index (χ1n) is 10.3. The Bertz CT molecular complexity index is 639. The van der Waals surface area contributed by atoms with Crippen molar-refractivity contribution < 1.29 is 13.9 Å². The minimum absolute atomic E-state index is 0.0331. The molecule has 0 aromatic heterocycles. The molecule has 1 aliphatic carbocycles. The second-order valence-electron chi connectivity index (χ2n) is 8.21. The fourth-order valence-electron chi connectivity index (χ4n) is 4.70. The summed E-state index contributed by atoms with van der Waals surface area (Å²) in [7, 11) is 0. The second kappa shape index (κ2) is 8.15. The van der Waals surface area contributed by atoms with E-state index in [0.29, 0.717) is 0 Å². The highest BCUT2D eigenvalue weighted by Gasteiger charge is 2.40. The zero-order valence-corrected chi connectivity index (χ0v) is 16.0. The van der Waals surface area contributed by atoms with Gasteiger partial charge in [-0.05, 0) is 37.0 Å². The molecule has 0 bridgehead atoms. The second-order valence-corrected chi connectivity index (χ2v) is 8.21. The molecule has 3 fully saturated rings. The van der Waals surface area contributed by atoms with Crippen LogP contribution in [0.4, 0.5) is 9.18 Å². The number of urea groups is 1. The Hall–Kier alpha value is -1.66. The molecule has 6 heteroatoms. The van der Waals surface area contributed by atoms with Crippen LogP contribution in [0.5, 0.6) is 0 Å². The average Bonchev–Trinajstić information content (AvgIpc) is 2.64. The standard InChI is InChI=1S/C21H30FN3O2/c22-18-6-4-17(5-7-18)19-8-11-25(19)20(26)23-21(9-2-1-3-10-21)16-24-12-14-27-15-13-24/h4-7,19H,1-3,8-16H2,(H,23,26). The van der Waals surface area contributed by atoms with Crippen LogP contribution in [0.15, 0.2) is 24.3 Å². The molecule has 27 heavy (non-hydrogen) atoms. The van der Waals surface area contributed by atoms with Gasteiger partial charge in [-0.3, -0.25) is 4.90 Å². The minimum Gasteiger partial charge on any atom is -0.379 e. The predicted molar refractivity (Wildman–Crippen MR) is 102 cm³/mol. The SMILES string of the molecule is O=C(NC1(CN2CCOCC2)CCCCC1)N1CCC1c1ccc(F)cc1. The topological polar surface area (TPSA) is 44.8 Å². The monoisotopic (exact) mass is 375 g/mol. The van der Waals surface area contributed by atoms with Crippen LogP contribution in [0.3, 0.4) is 0 Å². The Balaban J connectivity index is 1.42. The molecule has 1 aromatic carbocycles. The number of halogens is 1. The number of nitrogens with one attached hydrogen (secondary N) is 1. The van der Waals surface area contributed by atoms with E-state index >= 15 is 0 Å². The van der Waals surface area contributed by atoms with Gasteiger partial charge in [-0.25, -0.2) is 9.18 Å². The zero-order valence-electron chi connectivity index (χ0n) is 16.0. The van der Waals surface area contributed by atoms with E-state index < -0.39 is 0 Å². The Morgan fingerprint density at radius 3 is 2.44 bits per heavy atom. The van der Waals surface area contributed by atoms with Crippen molar-refractivity contribution in [2.24, 2.45) is 0 Å². The quantitative estimate of drug-likeness (QED) is 0.878. The molecule has 0 spiro atoms. The molecule has 2 heterocycles. The number of rotatable bonds is 4. The van der Waals surface area contributed by atoms with E-state index in [9.17, 15) is 9.18 Å². The number of carbonyl (C=O) groups excluding carboxylic acids is 1. The summed E-state index contributed by atoms with van der Waals surface area (Å²) in [6.07, 6.45) is 6.63. The Morgan fingerprint density at radius 2 is 1.81 bits per heavy atom. The third-order valence-corrected chi connectivity index (χ3v) is 6.35. The van der Waals surface area contributed by atoms with Crippen LogP contribution in [0.2, 0.25) is 0 Å². The fraction of sp³-hybridized carbons (Fsp3) is 0.667. The summed E-state index contributed by atoms with van der Waals surface area (Å²) in [6.45, 7) is 5.13. The number of ether oxygens (including phenoxy) is 1. The van der Waals surface area contributed by atoms with Crippen molar-refractivity contribution >= 4 is 6.03 Å². The molecule has 148 valence electrons. The van der Waals surface area contributed by atoms with Crippen LogP contribution in [0, 0.1) is 5.82 Å². The highest BCUT2D eigenvalue weighted by molar-refractivity contribution is 5.76. The smallest absolute Gasteiger partial charge is 0.318 e. The summed E-state index contributed by atoms with van der Waals surface area (Å²) in [5.74, 6) is -0.235. The van der Waals surface area contributed by atoms with Gasteiger partial charge in [0.2, 0.25) is 0 Å². The molecule has 1 aromatic rings. The Labute approximate surface area is 160 Å². The lowest BCUT2D eigenvalue weighted by Gasteiger charge is -2.47. The first kappa shape index (κ1) is 18.7. The molecule has 3 aliphatic rings. The zero-order chi connectivity index (χ0) is 18.7. The van der Waals surface area contributed by atoms with Crippen LogP contribution in [-0.4, -0.2) is 60.8 Å². The Morgan fingerprint density at radius 1 is 1.11 bits per heavy atom. The van der Waals surface area contributed by atoms with Gasteiger partial charge < -0.3 is 15.0 Å². The van der Waals surface area contributed by atoms with Gasteiger partial charge in [-0.1, -0.05) is 31.4 Å². The van der Waals surface area contributed by atoms with Crippen LogP contribution >= 0.6 is 0 Å². The molecule has 2 amide bonds. The van der Waals surface area contributed by atoms with Crippen molar-refractivity contribution in [1.29, 1.82) is 0 Å². The minimum atomic E-state index is -0.235. The van der Waals surface area contributed by atoms with E-state index in [0.717, 1.165) is 64.2 Å². The van der Waals surface area contributed by atoms with Gasteiger partial charge in [-0.2, -0.15) is 0 Å². The lowest BCUT2D eigenvalue weighted by atomic mass is 9.81. The summed E-state index contributed by atoms with van der Waals surface area (Å²) < 4.78 is 18.7. The average molecular weight is 375 g/mol. The van der Waals surface area contributed by atoms with Crippen LogP contribution in [0.1, 0.15) is 50.1 Å². The largest absolute Gasteiger partial charge is 0.379 e. The van der Waals surface area contributed by atoms with E-state index in [1.165, 1.54) is 31.4 Å². The summed E-state index contributed by atoms with van der Waals surface area (Å²) in [4.78, 5) is 17.4. The van der Waals surface area contributed by atoms with Crippen molar-refractivity contribution in [1.82, 2.24) is 15.1 Å². The van der Waals surface area contributed by atoms with Gasteiger partial charge >= 0.3 is 6.03 Å². The fourth-order valence-corrected chi connectivity index (χ4v) is 4.70. The highest BCUT2D eigenvalue weighted by Crippen LogP contribution is 2.35. The van der Waals surface area contributed by atoms with Crippen molar-refractivity contribution in [3.8, 4) is 0 Å². The van der Waals surface area contributed by atoms with Gasteiger partial charge in [0, 0.05) is 26.2 Å². The third kappa shape index (κ3) is 4.27. The number of hydrogen-bond donors (Lipinski definition) is 1. The van der Waals surface area contributed by atoms with Crippen molar-refractivity contribution in [2.75, 3.05) is 39.4 Å². The molecule has 1 unspecified atom stereocenters. The molecule has 1 N–H and O–H groups in total. The molecular formula is C21H30FN3O2. The normalized spacial score (nSPS) is 25.7. The first-order valence-corrected chi connectivity index (χ1v) is 10.3. The van der Waals surface area contributed by atoms with Crippen LogP contribution < -0.4 is 5.32 Å². The van der Waals surface area contributed by atoms with E-state index in [1.807, 2.05) is 4.90 Å². The summed E-state index contributed by atoms with van der Waals surface area (Å²) in [5.41, 5.74) is 0.888. The van der Waals surface area contributed by atoms with Gasteiger partial charge in [0.05, 0.1) is 24.8 Å². The number of morpholine rings is 1. The number of carbonyl (C=O) groups is 1. The van der Waals surface area contributed by atoms with Crippen molar-refractivity contribution in [3.63, 3.8) is 0 Å². The first-order chi connectivity index (χ1) is 13.2. The number of likely N-dealkylation sites (tertiary alicyclic amines) is 1. The summed E-state index contributed by atoms with van der Waals surface area (Å²) in [5, 5.41) is 3.42. The van der Waals surface area contributed by atoms with E-state index in [1.54, 1.807) is 12.1 Å². The van der Waals surface area contributed by atoms with Gasteiger partial charge in [0.25, 0.3) is 0 Å². The van der Waals surface area contributed by atoms with Crippen LogP contribution in [-0.2, 0) is 4.74 Å². The highest BCUT2D eigenvalue weighted by atomic mass is 19.1. The lowest BCUT2D eigenvalue weighted by molar-refractivity contribution is 0.0174. The van der Waals surface area contributed by atoms with E-state index in [-0.39, 0.29) is 23.4 Å². The van der Waals surface area contributed by atoms with Crippen molar-refractivity contribution in [2.45, 2.75) is 50.1 Å². The summed E-state index contributed by atoms with van der Waals surface area (Å²) >= 11 is 0. The van der Waals surface area contributed by atoms with Crippen LogP contribution in [0.25, 0.3) is 0 Å². The number of hydrogen-bond acceptors (Lipinski definition) is 3. The molecule has 0 radical (unpaired) electrons. The lowest BCUT2D eigenvalue weighted by Crippen LogP contribution is -2.62. The van der Waals surface area contributed by atoms with Gasteiger partial charge in [0.1, 0.15) is 5.82 Å². The van der Waals surface area contributed by atoms with E-state index in [4.69, 9.17) is 4.74 Å². The van der Waals surface area contributed by atoms with Crippen molar-refractivity contribution in [3.05, 3.63) is 35.6 Å². The third-order valence-electron chi connectivity index (χ3n) is 6.35. The molecule has 5 nitrogen and oxygen atoms in total. The molecular weight excluding hydrogens is 345 g/mol. The molecule has 1 atom stereocenters. The maximum absolute atomic E-state index is 13.2. The molecule has 2 aliphatic heterocycles. The van der Waals surface area contributed by atoms with E-state index in [2.05, 4.69) is 10.2 Å². The number of nitrogens with zero attached hydrogens (tertiary/aromatic N) is 2. The molecule has 2 saturated heterocycles. The van der Waals surface area contributed by atoms with Gasteiger partial charge in [0.15, 0.2) is 0 Å². The number of benzene rings is 1. The molecule has 4 rings (SSSR count). The molecule has 1 saturated carbocycles. The van der Waals surface area contributed by atoms with Gasteiger partial charge in [-0.15, -0.1) is 0 Å². The maximum Gasteiger partial charge on any atom is 0.318 e. The summed E-state index contributed by atoms with van der Waals surface area (Å²) in [6, 6.07) is 6.64. The number of amides is 2. The maximum atomic E-state index is 13.2.